The molecule has 1 amide bonds. The Hall–Kier alpha value is -2.03. The van der Waals surface area contributed by atoms with E-state index in [9.17, 15) is 4.79 Å². The maximum Gasteiger partial charge on any atom is 0.260 e. The predicted octanol–water partition coefficient (Wildman–Crippen LogP) is 2.35. The lowest BCUT2D eigenvalue weighted by Crippen LogP contribution is -2.33. The SMILES string of the molecule is CNC(=O)[C@H](C)Oc1cccc2ccccc12. The fourth-order valence-electron chi connectivity index (χ4n) is 1.75. The second-order valence-corrected chi connectivity index (χ2v) is 3.85. The van der Waals surface area contributed by atoms with E-state index < -0.39 is 6.10 Å². The fraction of sp³-hybridized carbons (Fsp3) is 0.214. The summed E-state index contributed by atoms with van der Waals surface area (Å²) in [5.41, 5.74) is 0. The Kier molecular flexibility index (Phi) is 3.28. The highest BCUT2D eigenvalue weighted by Gasteiger charge is 2.13. The van der Waals surface area contributed by atoms with Gasteiger partial charge in [0, 0.05) is 12.4 Å². The molecule has 3 nitrogen and oxygen atoms in total. The molecule has 1 atom stereocenters. The van der Waals surface area contributed by atoms with Crippen LogP contribution in [-0.2, 0) is 4.79 Å². The van der Waals surface area contributed by atoms with Crippen molar-refractivity contribution in [3.63, 3.8) is 0 Å². The summed E-state index contributed by atoms with van der Waals surface area (Å²) in [4.78, 5) is 11.4. The average molecular weight is 229 g/mol. The van der Waals surface area contributed by atoms with Crippen molar-refractivity contribution in [3.05, 3.63) is 42.5 Å². The van der Waals surface area contributed by atoms with Gasteiger partial charge in [0.2, 0.25) is 0 Å². The molecule has 0 unspecified atom stereocenters. The summed E-state index contributed by atoms with van der Waals surface area (Å²) >= 11 is 0. The van der Waals surface area contributed by atoms with Gasteiger partial charge in [-0.25, -0.2) is 0 Å². The van der Waals surface area contributed by atoms with Crippen LogP contribution in [0.4, 0.5) is 0 Å². The zero-order valence-corrected chi connectivity index (χ0v) is 9.94. The van der Waals surface area contributed by atoms with Crippen LogP contribution in [0.25, 0.3) is 10.8 Å². The summed E-state index contributed by atoms with van der Waals surface area (Å²) in [6, 6.07) is 13.8. The molecule has 17 heavy (non-hydrogen) atoms. The van der Waals surface area contributed by atoms with Crippen LogP contribution in [0.2, 0.25) is 0 Å². The molecule has 0 radical (unpaired) electrons. The molecule has 3 heteroatoms. The van der Waals surface area contributed by atoms with Gasteiger partial charge in [0.05, 0.1) is 0 Å². The molecule has 2 rings (SSSR count). The first-order chi connectivity index (χ1) is 8.22. The highest BCUT2D eigenvalue weighted by molar-refractivity contribution is 5.89. The van der Waals surface area contributed by atoms with Crippen LogP contribution in [-0.4, -0.2) is 19.1 Å². The summed E-state index contributed by atoms with van der Waals surface area (Å²) < 4.78 is 5.67. The molecule has 0 saturated heterocycles. The standard InChI is InChI=1S/C14H15NO2/c1-10(14(16)15-2)17-13-9-5-7-11-6-3-4-8-12(11)13/h3-10H,1-2H3,(H,15,16)/t10-/m0/s1. The first-order valence-electron chi connectivity index (χ1n) is 5.58. The number of ether oxygens (including phenoxy) is 1. The highest BCUT2D eigenvalue weighted by atomic mass is 16.5. The van der Waals surface area contributed by atoms with E-state index in [1.165, 1.54) is 0 Å². The van der Waals surface area contributed by atoms with Crippen molar-refractivity contribution in [1.82, 2.24) is 5.32 Å². The van der Waals surface area contributed by atoms with Crippen molar-refractivity contribution in [2.24, 2.45) is 0 Å². The van der Waals surface area contributed by atoms with E-state index in [1.54, 1.807) is 14.0 Å². The van der Waals surface area contributed by atoms with Gasteiger partial charge in [-0.2, -0.15) is 0 Å². The van der Waals surface area contributed by atoms with Crippen molar-refractivity contribution in [2.75, 3.05) is 7.05 Å². The van der Waals surface area contributed by atoms with Gasteiger partial charge in [-0.05, 0) is 18.4 Å². The van der Waals surface area contributed by atoms with Crippen LogP contribution in [0.3, 0.4) is 0 Å². The number of fused-ring (bicyclic) bond motifs is 1. The third-order valence-corrected chi connectivity index (χ3v) is 2.67. The molecule has 0 spiro atoms. The fourth-order valence-corrected chi connectivity index (χ4v) is 1.75. The van der Waals surface area contributed by atoms with Gasteiger partial charge < -0.3 is 10.1 Å². The number of hydrogen-bond acceptors (Lipinski definition) is 2. The third-order valence-electron chi connectivity index (χ3n) is 2.67. The first-order valence-corrected chi connectivity index (χ1v) is 5.58. The van der Waals surface area contributed by atoms with E-state index >= 15 is 0 Å². The molecular weight excluding hydrogens is 214 g/mol. The lowest BCUT2D eigenvalue weighted by Gasteiger charge is -2.14. The normalized spacial score (nSPS) is 12.1. The number of likely N-dealkylation sites (N-methyl/N-ethyl adjacent to an activating group) is 1. The van der Waals surface area contributed by atoms with Crippen molar-refractivity contribution in [1.29, 1.82) is 0 Å². The molecule has 0 bridgehead atoms. The van der Waals surface area contributed by atoms with Gasteiger partial charge >= 0.3 is 0 Å². The number of carbonyl (C=O) groups excluding carboxylic acids is 1. The highest BCUT2D eigenvalue weighted by Crippen LogP contribution is 2.25. The Labute approximate surface area is 100 Å². The van der Waals surface area contributed by atoms with Crippen LogP contribution < -0.4 is 10.1 Å². The van der Waals surface area contributed by atoms with E-state index in [0.717, 1.165) is 16.5 Å². The maximum absolute atomic E-state index is 11.4. The molecule has 0 aliphatic heterocycles. The number of nitrogens with one attached hydrogen (secondary N) is 1. The quantitative estimate of drug-likeness (QED) is 0.877. The van der Waals surface area contributed by atoms with Gasteiger partial charge in [-0.3, -0.25) is 4.79 Å². The summed E-state index contributed by atoms with van der Waals surface area (Å²) in [5, 5.41) is 4.69. The van der Waals surface area contributed by atoms with Gasteiger partial charge in [0.15, 0.2) is 6.10 Å². The minimum atomic E-state index is -0.495. The molecule has 0 saturated carbocycles. The van der Waals surface area contributed by atoms with Crippen molar-refractivity contribution >= 4 is 16.7 Å². The van der Waals surface area contributed by atoms with E-state index in [1.807, 2.05) is 42.5 Å². The third kappa shape index (κ3) is 2.38. The first kappa shape index (κ1) is 11.5. The molecule has 2 aromatic rings. The zero-order chi connectivity index (χ0) is 12.3. The Morgan fingerprint density at radius 2 is 1.88 bits per heavy atom. The number of carbonyl (C=O) groups is 1. The zero-order valence-electron chi connectivity index (χ0n) is 9.94. The summed E-state index contributed by atoms with van der Waals surface area (Å²) in [7, 11) is 1.60. The topological polar surface area (TPSA) is 38.3 Å². The molecule has 0 aliphatic rings. The van der Waals surface area contributed by atoms with E-state index in [4.69, 9.17) is 4.74 Å². The predicted molar refractivity (Wildman–Crippen MR) is 68.1 cm³/mol. The van der Waals surface area contributed by atoms with Crippen molar-refractivity contribution in [3.8, 4) is 5.75 Å². The molecule has 88 valence electrons. The van der Waals surface area contributed by atoms with Crippen LogP contribution in [0.1, 0.15) is 6.92 Å². The van der Waals surface area contributed by atoms with E-state index in [2.05, 4.69) is 5.32 Å². The number of hydrogen-bond donors (Lipinski definition) is 1. The second-order valence-electron chi connectivity index (χ2n) is 3.85. The summed E-state index contributed by atoms with van der Waals surface area (Å²) in [6.45, 7) is 1.74. The molecule has 2 aromatic carbocycles. The Morgan fingerprint density at radius 1 is 1.18 bits per heavy atom. The minimum absolute atomic E-state index is 0.127. The molecule has 0 aromatic heterocycles. The second kappa shape index (κ2) is 4.87. The molecule has 0 fully saturated rings. The largest absolute Gasteiger partial charge is 0.480 e. The van der Waals surface area contributed by atoms with Crippen LogP contribution in [0.15, 0.2) is 42.5 Å². The maximum atomic E-state index is 11.4. The Bertz CT molecular complexity index is 531. The minimum Gasteiger partial charge on any atom is -0.480 e. The molecule has 1 N–H and O–H groups in total. The molecule has 0 heterocycles. The lowest BCUT2D eigenvalue weighted by molar-refractivity contribution is -0.126. The van der Waals surface area contributed by atoms with Crippen molar-refractivity contribution < 1.29 is 9.53 Å². The Morgan fingerprint density at radius 3 is 2.65 bits per heavy atom. The summed E-state index contributed by atoms with van der Waals surface area (Å²) in [5.74, 6) is 0.608. The number of benzene rings is 2. The van der Waals surface area contributed by atoms with E-state index in [-0.39, 0.29) is 5.91 Å². The van der Waals surface area contributed by atoms with Crippen molar-refractivity contribution in [2.45, 2.75) is 13.0 Å². The monoisotopic (exact) mass is 229 g/mol. The molecular formula is C14H15NO2. The van der Waals surface area contributed by atoms with Crippen LogP contribution in [0.5, 0.6) is 5.75 Å². The van der Waals surface area contributed by atoms with Crippen LogP contribution >= 0.6 is 0 Å². The average Bonchev–Trinajstić information content (AvgIpc) is 2.38. The molecule has 0 aliphatic carbocycles. The Balaban J connectivity index is 2.33. The summed E-state index contributed by atoms with van der Waals surface area (Å²) in [6.07, 6.45) is -0.495. The van der Waals surface area contributed by atoms with Crippen LogP contribution in [0, 0.1) is 0 Å². The van der Waals surface area contributed by atoms with Gasteiger partial charge in [-0.1, -0.05) is 36.4 Å². The van der Waals surface area contributed by atoms with Gasteiger partial charge in [0.1, 0.15) is 5.75 Å². The lowest BCUT2D eigenvalue weighted by atomic mass is 10.1. The van der Waals surface area contributed by atoms with E-state index in [0.29, 0.717) is 0 Å². The smallest absolute Gasteiger partial charge is 0.260 e. The number of amides is 1. The van der Waals surface area contributed by atoms with Gasteiger partial charge in [-0.15, -0.1) is 0 Å². The number of rotatable bonds is 3. The van der Waals surface area contributed by atoms with Gasteiger partial charge in [0.25, 0.3) is 5.91 Å².